The van der Waals surface area contributed by atoms with Crippen LogP contribution in [-0.4, -0.2) is 31.1 Å². The van der Waals surface area contributed by atoms with Crippen LogP contribution in [0.25, 0.3) is 11.0 Å². The number of amides is 2. The highest BCUT2D eigenvalue weighted by atomic mass is 16.2. The van der Waals surface area contributed by atoms with Gasteiger partial charge >= 0.3 is 0 Å². The molecule has 146 valence electrons. The van der Waals surface area contributed by atoms with Crippen molar-refractivity contribution in [3.63, 3.8) is 0 Å². The third-order valence-corrected chi connectivity index (χ3v) is 4.27. The first kappa shape index (κ1) is 19.3. The Hall–Kier alpha value is -3.49. The quantitative estimate of drug-likeness (QED) is 0.662. The van der Waals surface area contributed by atoms with Gasteiger partial charge in [-0.3, -0.25) is 23.6 Å². The summed E-state index contributed by atoms with van der Waals surface area (Å²) in [4.78, 5) is 40.4. The first-order valence-corrected chi connectivity index (χ1v) is 8.89. The fourth-order valence-electron chi connectivity index (χ4n) is 2.58. The first-order valence-electron chi connectivity index (χ1n) is 8.89. The van der Waals surface area contributed by atoms with Crippen molar-refractivity contribution in [1.82, 2.24) is 24.6 Å². The molecule has 0 unspecified atom stereocenters. The molecule has 0 saturated heterocycles. The summed E-state index contributed by atoms with van der Waals surface area (Å²) in [5.41, 5.74) is 1.75. The summed E-state index contributed by atoms with van der Waals surface area (Å²) in [6, 6.07) is 7.22. The van der Waals surface area contributed by atoms with E-state index < -0.39 is 0 Å². The largest absolute Gasteiger partial charge is 0.350 e. The van der Waals surface area contributed by atoms with Gasteiger partial charge in [0.15, 0.2) is 5.65 Å². The summed E-state index contributed by atoms with van der Waals surface area (Å²) in [6.07, 6.45) is 2.79. The van der Waals surface area contributed by atoms with Gasteiger partial charge in [0.05, 0.1) is 6.20 Å². The molecule has 9 nitrogen and oxygen atoms in total. The standard InChI is InChI=1S/C19H22N6O3/c1-12(2)18(27)23-14-6-4-13(5-7-14)8-20-16(26)10-25-11-21-17-15(19(25)28)9-22-24(17)3/h4-7,9,11-12H,8,10H2,1-3H3,(H,20,26)(H,23,27). The van der Waals surface area contributed by atoms with E-state index in [0.29, 0.717) is 23.3 Å². The van der Waals surface area contributed by atoms with E-state index in [4.69, 9.17) is 0 Å². The van der Waals surface area contributed by atoms with Gasteiger partial charge in [-0.1, -0.05) is 26.0 Å². The molecule has 0 bridgehead atoms. The summed E-state index contributed by atoms with van der Waals surface area (Å²) in [5.74, 6) is -0.447. The highest BCUT2D eigenvalue weighted by Crippen LogP contribution is 2.11. The molecule has 0 atom stereocenters. The fraction of sp³-hybridized carbons (Fsp3) is 0.316. The Morgan fingerprint density at radius 3 is 2.57 bits per heavy atom. The number of carbonyl (C=O) groups excluding carboxylic acids is 2. The lowest BCUT2D eigenvalue weighted by Gasteiger charge is -2.10. The van der Waals surface area contributed by atoms with Crippen LogP contribution in [0.5, 0.6) is 0 Å². The zero-order valence-corrected chi connectivity index (χ0v) is 16.0. The van der Waals surface area contributed by atoms with Gasteiger partial charge < -0.3 is 10.6 Å². The lowest BCUT2D eigenvalue weighted by Crippen LogP contribution is -2.32. The van der Waals surface area contributed by atoms with Crippen LogP contribution in [0.3, 0.4) is 0 Å². The smallest absolute Gasteiger partial charge is 0.264 e. The van der Waals surface area contributed by atoms with E-state index in [9.17, 15) is 14.4 Å². The summed E-state index contributed by atoms with van der Waals surface area (Å²) in [7, 11) is 1.70. The van der Waals surface area contributed by atoms with Crippen LogP contribution in [0, 0.1) is 5.92 Å². The molecule has 28 heavy (non-hydrogen) atoms. The van der Waals surface area contributed by atoms with E-state index >= 15 is 0 Å². The van der Waals surface area contributed by atoms with Crippen molar-refractivity contribution in [1.29, 1.82) is 0 Å². The van der Waals surface area contributed by atoms with Crippen molar-refractivity contribution >= 4 is 28.5 Å². The van der Waals surface area contributed by atoms with Crippen LogP contribution < -0.4 is 16.2 Å². The van der Waals surface area contributed by atoms with Crippen molar-refractivity contribution in [3.8, 4) is 0 Å². The Bertz CT molecular complexity index is 1070. The molecule has 0 saturated carbocycles. The Balaban J connectivity index is 1.58. The molecule has 0 fully saturated rings. The second kappa shape index (κ2) is 8.03. The van der Waals surface area contributed by atoms with Crippen molar-refractivity contribution in [2.45, 2.75) is 26.9 Å². The summed E-state index contributed by atoms with van der Waals surface area (Å²) in [5, 5.41) is 9.96. The lowest BCUT2D eigenvalue weighted by molar-refractivity contribution is -0.122. The average Bonchev–Trinajstić information content (AvgIpc) is 3.05. The Labute approximate surface area is 161 Å². The van der Waals surface area contributed by atoms with E-state index in [-0.39, 0.29) is 29.8 Å². The molecule has 2 amide bonds. The van der Waals surface area contributed by atoms with Crippen LogP contribution >= 0.6 is 0 Å². The first-order chi connectivity index (χ1) is 13.3. The summed E-state index contributed by atoms with van der Waals surface area (Å²) in [6.45, 7) is 3.84. The van der Waals surface area contributed by atoms with Gasteiger partial charge in [0.1, 0.15) is 18.3 Å². The summed E-state index contributed by atoms with van der Waals surface area (Å²) >= 11 is 0. The van der Waals surface area contributed by atoms with Crippen LogP contribution in [0.15, 0.2) is 41.6 Å². The minimum absolute atomic E-state index is 0.0503. The number of rotatable bonds is 6. The highest BCUT2D eigenvalue weighted by molar-refractivity contribution is 5.92. The van der Waals surface area contributed by atoms with Crippen LogP contribution in [0.1, 0.15) is 19.4 Å². The maximum atomic E-state index is 12.4. The number of aryl methyl sites for hydroxylation is 1. The molecule has 2 N–H and O–H groups in total. The Morgan fingerprint density at radius 1 is 1.18 bits per heavy atom. The summed E-state index contributed by atoms with van der Waals surface area (Å²) < 4.78 is 2.76. The molecule has 3 rings (SSSR count). The topological polar surface area (TPSA) is 111 Å². The molecule has 2 aromatic heterocycles. The number of carbonyl (C=O) groups is 2. The molecule has 0 radical (unpaired) electrons. The van der Waals surface area contributed by atoms with Crippen LogP contribution in [0.4, 0.5) is 5.69 Å². The van der Waals surface area contributed by atoms with E-state index in [2.05, 4.69) is 20.7 Å². The molecule has 3 aromatic rings. The third-order valence-electron chi connectivity index (χ3n) is 4.27. The lowest BCUT2D eigenvalue weighted by atomic mass is 10.1. The molecule has 1 aromatic carbocycles. The van der Waals surface area contributed by atoms with Crippen LogP contribution in [0.2, 0.25) is 0 Å². The monoisotopic (exact) mass is 382 g/mol. The molecule has 0 aliphatic heterocycles. The number of aromatic nitrogens is 4. The van der Waals surface area contributed by atoms with Crippen molar-refractivity contribution in [2.24, 2.45) is 13.0 Å². The molecule has 0 aliphatic carbocycles. The maximum Gasteiger partial charge on any atom is 0.264 e. The number of anilines is 1. The zero-order chi connectivity index (χ0) is 20.3. The number of fused-ring (bicyclic) bond motifs is 1. The molecular formula is C19H22N6O3. The SMILES string of the molecule is CC(C)C(=O)Nc1ccc(CNC(=O)Cn2cnc3c(cnn3C)c2=O)cc1. The highest BCUT2D eigenvalue weighted by Gasteiger charge is 2.11. The minimum Gasteiger partial charge on any atom is -0.350 e. The fourth-order valence-corrected chi connectivity index (χ4v) is 2.58. The Kier molecular flexibility index (Phi) is 5.53. The van der Waals surface area contributed by atoms with E-state index in [1.54, 1.807) is 19.2 Å². The van der Waals surface area contributed by atoms with Gasteiger partial charge in [-0.2, -0.15) is 5.10 Å². The molecule has 9 heteroatoms. The molecular weight excluding hydrogens is 360 g/mol. The third kappa shape index (κ3) is 4.25. The van der Waals surface area contributed by atoms with Crippen LogP contribution in [-0.2, 0) is 29.7 Å². The van der Waals surface area contributed by atoms with E-state index in [0.717, 1.165) is 5.56 Å². The molecule has 2 heterocycles. The predicted molar refractivity (Wildman–Crippen MR) is 105 cm³/mol. The second-order valence-corrected chi connectivity index (χ2v) is 6.80. The van der Waals surface area contributed by atoms with Gasteiger partial charge in [0.25, 0.3) is 5.56 Å². The number of benzene rings is 1. The second-order valence-electron chi connectivity index (χ2n) is 6.80. The predicted octanol–water partition coefficient (Wildman–Crippen LogP) is 1.04. The average molecular weight is 382 g/mol. The van der Waals surface area contributed by atoms with Gasteiger partial charge in [0.2, 0.25) is 11.8 Å². The van der Waals surface area contributed by atoms with Crippen molar-refractivity contribution in [3.05, 3.63) is 52.7 Å². The number of hydrogen-bond acceptors (Lipinski definition) is 5. The van der Waals surface area contributed by atoms with Crippen molar-refractivity contribution < 1.29 is 9.59 Å². The maximum absolute atomic E-state index is 12.4. The number of nitrogens with zero attached hydrogens (tertiary/aromatic N) is 4. The Morgan fingerprint density at radius 2 is 1.89 bits per heavy atom. The van der Waals surface area contributed by atoms with Gasteiger partial charge in [0, 0.05) is 25.2 Å². The zero-order valence-electron chi connectivity index (χ0n) is 16.0. The number of nitrogens with one attached hydrogen (secondary N) is 2. The molecule has 0 aliphatic rings. The van der Waals surface area contributed by atoms with Crippen molar-refractivity contribution in [2.75, 3.05) is 5.32 Å². The van der Waals surface area contributed by atoms with Gasteiger partial charge in [-0.25, -0.2) is 4.98 Å². The van der Waals surface area contributed by atoms with Gasteiger partial charge in [-0.05, 0) is 17.7 Å². The minimum atomic E-state index is -0.307. The normalized spacial score (nSPS) is 11.0. The van der Waals surface area contributed by atoms with E-state index in [1.165, 1.54) is 21.8 Å². The molecule has 0 spiro atoms. The number of hydrogen-bond donors (Lipinski definition) is 2. The van der Waals surface area contributed by atoms with Gasteiger partial charge in [-0.15, -0.1) is 0 Å². The van der Waals surface area contributed by atoms with E-state index in [1.807, 2.05) is 26.0 Å².